The standard InChI is InChI=1S/C14H25N3/c1-4-17(5-2)11-7-10-15-12-14-9-6-8-13(3)16-14/h6,8-9,15H,4-5,7,10-12H2,1-3H3. The molecule has 0 saturated carbocycles. The van der Waals surface area contributed by atoms with Crippen molar-refractivity contribution in [2.24, 2.45) is 0 Å². The Hall–Kier alpha value is -0.930. The second-order valence-corrected chi connectivity index (χ2v) is 4.33. The highest BCUT2D eigenvalue weighted by atomic mass is 15.1. The number of pyridine rings is 1. The summed E-state index contributed by atoms with van der Waals surface area (Å²) in [6.07, 6.45) is 1.20. The van der Waals surface area contributed by atoms with Gasteiger partial charge in [-0.15, -0.1) is 0 Å². The third kappa shape index (κ3) is 5.80. The molecule has 17 heavy (non-hydrogen) atoms. The molecule has 0 spiro atoms. The third-order valence-electron chi connectivity index (χ3n) is 2.97. The summed E-state index contributed by atoms with van der Waals surface area (Å²) < 4.78 is 0. The van der Waals surface area contributed by atoms with Gasteiger partial charge < -0.3 is 10.2 Å². The highest BCUT2D eigenvalue weighted by Crippen LogP contribution is 1.97. The van der Waals surface area contributed by atoms with Crippen LogP contribution in [-0.4, -0.2) is 36.1 Å². The van der Waals surface area contributed by atoms with E-state index in [0.717, 1.165) is 37.6 Å². The number of aryl methyl sites for hydroxylation is 1. The van der Waals surface area contributed by atoms with Crippen molar-refractivity contribution in [1.29, 1.82) is 0 Å². The van der Waals surface area contributed by atoms with Gasteiger partial charge in [-0.25, -0.2) is 0 Å². The highest BCUT2D eigenvalue weighted by Gasteiger charge is 1.98. The van der Waals surface area contributed by atoms with Crippen LogP contribution in [0.4, 0.5) is 0 Å². The predicted molar refractivity (Wildman–Crippen MR) is 73.1 cm³/mol. The van der Waals surface area contributed by atoms with E-state index in [1.807, 2.05) is 13.0 Å². The van der Waals surface area contributed by atoms with Gasteiger partial charge in [-0.3, -0.25) is 4.98 Å². The summed E-state index contributed by atoms with van der Waals surface area (Å²) in [5.74, 6) is 0. The predicted octanol–water partition coefficient (Wildman–Crippen LogP) is 2.21. The smallest absolute Gasteiger partial charge is 0.0544 e. The van der Waals surface area contributed by atoms with Gasteiger partial charge in [0.15, 0.2) is 0 Å². The van der Waals surface area contributed by atoms with E-state index in [1.165, 1.54) is 13.0 Å². The Morgan fingerprint density at radius 2 is 2.00 bits per heavy atom. The molecule has 1 rings (SSSR count). The van der Waals surface area contributed by atoms with Crippen molar-refractivity contribution in [3.05, 3.63) is 29.6 Å². The fourth-order valence-electron chi connectivity index (χ4n) is 1.88. The third-order valence-corrected chi connectivity index (χ3v) is 2.97. The molecule has 1 N–H and O–H groups in total. The topological polar surface area (TPSA) is 28.2 Å². The first-order valence-corrected chi connectivity index (χ1v) is 6.61. The van der Waals surface area contributed by atoms with Crippen LogP contribution in [0, 0.1) is 6.92 Å². The van der Waals surface area contributed by atoms with Crippen LogP contribution in [-0.2, 0) is 6.54 Å². The number of aromatic nitrogens is 1. The van der Waals surface area contributed by atoms with E-state index in [9.17, 15) is 0 Å². The Labute approximate surface area is 105 Å². The van der Waals surface area contributed by atoms with Gasteiger partial charge in [-0.1, -0.05) is 19.9 Å². The Morgan fingerprint density at radius 3 is 2.65 bits per heavy atom. The van der Waals surface area contributed by atoms with Crippen molar-refractivity contribution in [3.8, 4) is 0 Å². The lowest BCUT2D eigenvalue weighted by atomic mass is 10.3. The fourth-order valence-corrected chi connectivity index (χ4v) is 1.88. The van der Waals surface area contributed by atoms with Crippen LogP contribution in [0.15, 0.2) is 18.2 Å². The van der Waals surface area contributed by atoms with E-state index >= 15 is 0 Å². The summed E-state index contributed by atoms with van der Waals surface area (Å²) in [6.45, 7) is 11.9. The average molecular weight is 235 g/mol. The first kappa shape index (κ1) is 14.1. The van der Waals surface area contributed by atoms with Gasteiger partial charge >= 0.3 is 0 Å². The molecule has 3 heteroatoms. The molecule has 0 aliphatic rings. The quantitative estimate of drug-likeness (QED) is 0.700. The monoisotopic (exact) mass is 235 g/mol. The molecule has 0 bridgehead atoms. The molecule has 0 fully saturated rings. The minimum Gasteiger partial charge on any atom is -0.311 e. The molecule has 0 amide bonds. The van der Waals surface area contributed by atoms with E-state index in [1.54, 1.807) is 0 Å². The van der Waals surface area contributed by atoms with Crippen LogP contribution < -0.4 is 5.32 Å². The van der Waals surface area contributed by atoms with Gasteiger partial charge in [-0.05, 0) is 51.7 Å². The summed E-state index contributed by atoms with van der Waals surface area (Å²) in [6, 6.07) is 6.17. The van der Waals surface area contributed by atoms with Crippen LogP contribution in [0.3, 0.4) is 0 Å². The summed E-state index contributed by atoms with van der Waals surface area (Å²) in [5, 5.41) is 3.44. The Balaban J connectivity index is 2.12. The second-order valence-electron chi connectivity index (χ2n) is 4.33. The molecule has 0 radical (unpaired) electrons. The zero-order valence-electron chi connectivity index (χ0n) is 11.4. The summed E-state index contributed by atoms with van der Waals surface area (Å²) in [7, 11) is 0. The zero-order valence-corrected chi connectivity index (χ0v) is 11.4. The summed E-state index contributed by atoms with van der Waals surface area (Å²) >= 11 is 0. The minimum atomic E-state index is 0.875. The number of nitrogens with one attached hydrogen (secondary N) is 1. The average Bonchev–Trinajstić information content (AvgIpc) is 2.34. The Bertz CT molecular complexity index is 308. The Morgan fingerprint density at radius 1 is 1.24 bits per heavy atom. The highest BCUT2D eigenvalue weighted by molar-refractivity contribution is 5.09. The summed E-state index contributed by atoms with van der Waals surface area (Å²) in [4.78, 5) is 6.92. The molecule has 0 atom stereocenters. The maximum Gasteiger partial charge on any atom is 0.0544 e. The van der Waals surface area contributed by atoms with Gasteiger partial charge in [0.2, 0.25) is 0 Å². The lowest BCUT2D eigenvalue weighted by Gasteiger charge is -2.17. The number of rotatable bonds is 8. The molecule has 1 aromatic rings. The number of nitrogens with zero attached hydrogens (tertiary/aromatic N) is 2. The van der Waals surface area contributed by atoms with E-state index in [-0.39, 0.29) is 0 Å². The molecule has 0 unspecified atom stereocenters. The normalized spacial score (nSPS) is 11.1. The van der Waals surface area contributed by atoms with Crippen molar-refractivity contribution in [1.82, 2.24) is 15.2 Å². The first-order valence-electron chi connectivity index (χ1n) is 6.61. The summed E-state index contributed by atoms with van der Waals surface area (Å²) in [5.41, 5.74) is 2.22. The lowest BCUT2D eigenvalue weighted by Crippen LogP contribution is -2.27. The van der Waals surface area contributed by atoms with Gasteiger partial charge in [0.05, 0.1) is 5.69 Å². The molecular weight excluding hydrogens is 210 g/mol. The van der Waals surface area contributed by atoms with Gasteiger partial charge in [0.1, 0.15) is 0 Å². The van der Waals surface area contributed by atoms with Gasteiger partial charge in [-0.2, -0.15) is 0 Å². The number of hydrogen-bond acceptors (Lipinski definition) is 3. The fraction of sp³-hybridized carbons (Fsp3) is 0.643. The maximum absolute atomic E-state index is 4.47. The van der Waals surface area contributed by atoms with Crippen molar-refractivity contribution >= 4 is 0 Å². The molecule has 3 nitrogen and oxygen atoms in total. The van der Waals surface area contributed by atoms with Crippen LogP contribution >= 0.6 is 0 Å². The number of hydrogen-bond donors (Lipinski definition) is 1. The van der Waals surface area contributed by atoms with E-state index in [0.29, 0.717) is 0 Å². The minimum absolute atomic E-state index is 0.875. The van der Waals surface area contributed by atoms with E-state index in [4.69, 9.17) is 0 Å². The first-order chi connectivity index (χ1) is 8.26. The molecule has 1 aromatic heterocycles. The van der Waals surface area contributed by atoms with Crippen molar-refractivity contribution in [3.63, 3.8) is 0 Å². The second kappa shape index (κ2) is 8.20. The molecule has 0 aromatic carbocycles. The molecule has 0 saturated heterocycles. The molecule has 0 aliphatic heterocycles. The van der Waals surface area contributed by atoms with Crippen molar-refractivity contribution in [2.75, 3.05) is 26.2 Å². The van der Waals surface area contributed by atoms with Crippen LogP contribution in [0.2, 0.25) is 0 Å². The largest absolute Gasteiger partial charge is 0.311 e. The zero-order chi connectivity index (χ0) is 12.5. The van der Waals surface area contributed by atoms with E-state index < -0.39 is 0 Å². The lowest BCUT2D eigenvalue weighted by molar-refractivity contribution is 0.298. The van der Waals surface area contributed by atoms with Crippen LogP contribution in [0.5, 0.6) is 0 Å². The van der Waals surface area contributed by atoms with Crippen LogP contribution in [0.25, 0.3) is 0 Å². The van der Waals surface area contributed by atoms with Crippen LogP contribution in [0.1, 0.15) is 31.7 Å². The molecule has 1 heterocycles. The van der Waals surface area contributed by atoms with E-state index in [2.05, 4.69) is 41.2 Å². The molecular formula is C14H25N3. The van der Waals surface area contributed by atoms with Crippen molar-refractivity contribution in [2.45, 2.75) is 33.7 Å². The SMILES string of the molecule is CCN(CC)CCCNCc1cccc(C)n1. The molecule has 0 aliphatic carbocycles. The molecule has 96 valence electrons. The van der Waals surface area contributed by atoms with Gasteiger partial charge in [0.25, 0.3) is 0 Å². The maximum atomic E-state index is 4.47. The van der Waals surface area contributed by atoms with Gasteiger partial charge in [0, 0.05) is 12.2 Å². The Kier molecular flexibility index (Phi) is 6.82. The van der Waals surface area contributed by atoms with Crippen molar-refractivity contribution < 1.29 is 0 Å².